The number of nitrogens with one attached hydrogen (secondary N) is 1. The highest BCUT2D eigenvalue weighted by Crippen LogP contribution is 2.14. The molecular weight excluding hydrogens is 298 g/mol. The third-order valence-corrected chi connectivity index (χ3v) is 3.40. The quantitative estimate of drug-likeness (QED) is 0.872. The van der Waals surface area contributed by atoms with Gasteiger partial charge >= 0.3 is 5.97 Å². The summed E-state index contributed by atoms with van der Waals surface area (Å²) in [6.07, 6.45) is -0.241. The van der Waals surface area contributed by atoms with Gasteiger partial charge in [0.05, 0.1) is 13.0 Å². The number of benzene rings is 1. The number of aliphatic carboxylic acids is 1. The zero-order valence-electron chi connectivity index (χ0n) is 12.9. The number of carboxylic acid groups (broad SMARTS) is 1. The zero-order chi connectivity index (χ0) is 17.0. The molecule has 0 atom stereocenters. The summed E-state index contributed by atoms with van der Waals surface area (Å²) in [4.78, 5) is 34.4. The minimum atomic E-state index is -1.04. The van der Waals surface area contributed by atoms with Crippen molar-refractivity contribution in [1.82, 2.24) is 9.78 Å². The first kappa shape index (κ1) is 16.4. The highest BCUT2D eigenvalue weighted by atomic mass is 16.4. The van der Waals surface area contributed by atoms with Gasteiger partial charge in [-0.2, -0.15) is 5.10 Å². The van der Waals surface area contributed by atoms with Gasteiger partial charge in [-0.05, 0) is 43.2 Å². The molecule has 1 aromatic heterocycles. The Balaban J connectivity index is 2.18. The second-order valence-corrected chi connectivity index (χ2v) is 5.18. The molecule has 0 saturated carbocycles. The number of carbonyl (C=O) groups is 2. The maximum absolute atomic E-state index is 12.2. The summed E-state index contributed by atoms with van der Waals surface area (Å²) in [6.45, 7) is 3.83. The van der Waals surface area contributed by atoms with Crippen LogP contribution >= 0.6 is 0 Å². The van der Waals surface area contributed by atoms with Gasteiger partial charge in [0.15, 0.2) is 0 Å². The Morgan fingerprint density at radius 2 is 1.91 bits per heavy atom. The maximum atomic E-state index is 12.2. The molecule has 1 amide bonds. The molecule has 0 fully saturated rings. The molecule has 2 rings (SSSR count). The minimum absolute atomic E-state index is 0.0493. The van der Waals surface area contributed by atoms with Crippen LogP contribution in [-0.2, 0) is 11.3 Å². The molecule has 1 aromatic carbocycles. The van der Waals surface area contributed by atoms with Gasteiger partial charge < -0.3 is 10.4 Å². The summed E-state index contributed by atoms with van der Waals surface area (Å²) in [7, 11) is 0. The Morgan fingerprint density at radius 3 is 2.57 bits per heavy atom. The van der Waals surface area contributed by atoms with Gasteiger partial charge in [0, 0.05) is 11.8 Å². The molecule has 0 unspecified atom stereocenters. The molecule has 7 nitrogen and oxygen atoms in total. The number of hydrogen-bond donors (Lipinski definition) is 2. The van der Waals surface area contributed by atoms with Crippen LogP contribution in [-0.4, -0.2) is 26.8 Å². The molecule has 7 heteroatoms. The van der Waals surface area contributed by atoms with Crippen molar-refractivity contribution >= 4 is 17.6 Å². The van der Waals surface area contributed by atoms with E-state index in [9.17, 15) is 14.4 Å². The van der Waals surface area contributed by atoms with Crippen molar-refractivity contribution in [2.24, 2.45) is 0 Å². The van der Waals surface area contributed by atoms with Crippen LogP contribution in [0.4, 0.5) is 5.69 Å². The molecule has 0 radical (unpaired) electrons. The van der Waals surface area contributed by atoms with Gasteiger partial charge in [0.2, 0.25) is 0 Å². The van der Waals surface area contributed by atoms with Crippen LogP contribution < -0.4 is 10.9 Å². The topological polar surface area (TPSA) is 101 Å². The molecular formula is C16H17N3O4. The largest absolute Gasteiger partial charge is 0.481 e. The summed E-state index contributed by atoms with van der Waals surface area (Å²) in [5.74, 6) is -1.50. The Bertz CT molecular complexity index is 811. The third-order valence-electron chi connectivity index (χ3n) is 3.40. The molecule has 2 aromatic rings. The van der Waals surface area contributed by atoms with Crippen molar-refractivity contribution in [2.75, 3.05) is 5.32 Å². The summed E-state index contributed by atoms with van der Waals surface area (Å²) in [6, 6.07) is 8.03. The lowest BCUT2D eigenvalue weighted by atomic mass is 10.1. The van der Waals surface area contributed by atoms with E-state index in [4.69, 9.17) is 5.11 Å². The molecule has 0 saturated heterocycles. The van der Waals surface area contributed by atoms with Crippen LogP contribution in [0.5, 0.6) is 0 Å². The first-order chi connectivity index (χ1) is 10.9. The molecule has 0 aliphatic heterocycles. The van der Waals surface area contributed by atoms with Gasteiger partial charge in [-0.25, -0.2) is 4.68 Å². The van der Waals surface area contributed by atoms with Crippen molar-refractivity contribution in [2.45, 2.75) is 26.8 Å². The molecule has 1 heterocycles. The highest BCUT2D eigenvalue weighted by molar-refractivity contribution is 6.02. The number of anilines is 1. The summed E-state index contributed by atoms with van der Waals surface area (Å²) in [5, 5.41) is 15.3. The monoisotopic (exact) mass is 315 g/mol. The number of hydrogen-bond acceptors (Lipinski definition) is 4. The van der Waals surface area contributed by atoms with Gasteiger partial charge in [-0.3, -0.25) is 14.4 Å². The van der Waals surface area contributed by atoms with Crippen LogP contribution in [0.15, 0.2) is 35.1 Å². The van der Waals surface area contributed by atoms with E-state index in [0.29, 0.717) is 5.69 Å². The fraction of sp³-hybridized carbons (Fsp3) is 0.250. The predicted octanol–water partition coefficient (Wildman–Crippen LogP) is 1.59. The summed E-state index contributed by atoms with van der Waals surface area (Å²) >= 11 is 0. The van der Waals surface area contributed by atoms with Crippen LogP contribution in [0.25, 0.3) is 0 Å². The molecule has 2 N–H and O–H groups in total. The smallest absolute Gasteiger partial charge is 0.305 e. The van der Waals surface area contributed by atoms with Gasteiger partial charge in [0.25, 0.3) is 11.5 Å². The number of rotatable bonds is 5. The van der Waals surface area contributed by atoms with Crippen molar-refractivity contribution in [3.63, 3.8) is 0 Å². The van der Waals surface area contributed by atoms with Gasteiger partial charge in [-0.1, -0.05) is 6.07 Å². The molecule has 23 heavy (non-hydrogen) atoms. The van der Waals surface area contributed by atoms with Crippen molar-refractivity contribution in [3.8, 4) is 0 Å². The van der Waals surface area contributed by atoms with E-state index in [1.165, 1.54) is 12.1 Å². The normalized spacial score (nSPS) is 10.3. The Kier molecular flexibility index (Phi) is 4.90. The van der Waals surface area contributed by atoms with Crippen molar-refractivity contribution in [3.05, 3.63) is 57.5 Å². The summed E-state index contributed by atoms with van der Waals surface area (Å²) in [5.41, 5.74) is 2.39. The lowest BCUT2D eigenvalue weighted by Crippen LogP contribution is -2.27. The lowest BCUT2D eigenvalue weighted by Gasteiger charge is -2.08. The van der Waals surface area contributed by atoms with Gasteiger partial charge in [0.1, 0.15) is 5.69 Å². The number of amides is 1. The molecule has 0 bridgehead atoms. The zero-order valence-corrected chi connectivity index (χ0v) is 12.9. The van der Waals surface area contributed by atoms with Crippen molar-refractivity contribution < 1.29 is 14.7 Å². The second-order valence-electron chi connectivity index (χ2n) is 5.18. The lowest BCUT2D eigenvalue weighted by molar-refractivity contribution is -0.137. The molecule has 0 aliphatic carbocycles. The van der Waals surface area contributed by atoms with Crippen LogP contribution in [0.2, 0.25) is 0 Å². The van der Waals surface area contributed by atoms with Crippen LogP contribution in [0.3, 0.4) is 0 Å². The van der Waals surface area contributed by atoms with Crippen molar-refractivity contribution in [1.29, 1.82) is 0 Å². The van der Waals surface area contributed by atoms with E-state index < -0.39 is 17.4 Å². The average Bonchev–Trinajstić information content (AvgIpc) is 2.50. The maximum Gasteiger partial charge on any atom is 0.305 e. The number of nitrogens with zero attached hydrogens (tertiary/aromatic N) is 2. The molecule has 120 valence electrons. The molecule has 0 aliphatic rings. The third kappa shape index (κ3) is 4.26. The number of aryl methyl sites for hydroxylation is 3. The van der Waals surface area contributed by atoms with Crippen LogP contribution in [0.1, 0.15) is 28.0 Å². The Morgan fingerprint density at radius 1 is 1.17 bits per heavy atom. The van der Waals surface area contributed by atoms with E-state index in [-0.39, 0.29) is 18.7 Å². The first-order valence-corrected chi connectivity index (χ1v) is 7.05. The standard InChI is InChI=1S/C16H17N3O4/c1-10-3-4-12(9-11(10)2)17-16(23)13-5-6-14(20)19(18-13)8-7-15(21)22/h3-6,9H,7-8H2,1-2H3,(H,17,23)(H,21,22). The fourth-order valence-corrected chi connectivity index (χ4v) is 1.95. The van der Waals surface area contributed by atoms with E-state index >= 15 is 0 Å². The van der Waals surface area contributed by atoms with Crippen LogP contribution in [0, 0.1) is 13.8 Å². The number of carbonyl (C=O) groups excluding carboxylic acids is 1. The Labute approximate surface area is 132 Å². The van der Waals surface area contributed by atoms with E-state index in [2.05, 4.69) is 10.4 Å². The Hall–Kier alpha value is -2.96. The molecule has 0 spiro atoms. The second kappa shape index (κ2) is 6.87. The fourth-order valence-electron chi connectivity index (χ4n) is 1.95. The van der Waals surface area contributed by atoms with Gasteiger partial charge in [-0.15, -0.1) is 0 Å². The number of aromatic nitrogens is 2. The summed E-state index contributed by atoms with van der Waals surface area (Å²) < 4.78 is 0.976. The minimum Gasteiger partial charge on any atom is -0.481 e. The average molecular weight is 315 g/mol. The van der Waals surface area contributed by atoms with E-state index in [0.717, 1.165) is 15.8 Å². The van der Waals surface area contributed by atoms with E-state index in [1.807, 2.05) is 26.0 Å². The number of carboxylic acids is 1. The predicted molar refractivity (Wildman–Crippen MR) is 84.6 cm³/mol. The van der Waals surface area contributed by atoms with E-state index in [1.54, 1.807) is 6.07 Å². The highest BCUT2D eigenvalue weighted by Gasteiger charge is 2.11. The SMILES string of the molecule is Cc1ccc(NC(=O)c2ccc(=O)n(CCC(=O)O)n2)cc1C. The first-order valence-electron chi connectivity index (χ1n) is 7.05.